The summed E-state index contributed by atoms with van der Waals surface area (Å²) < 4.78 is 5.23. The lowest BCUT2D eigenvalue weighted by Gasteiger charge is -2.07. The molecule has 3 nitrogen and oxygen atoms in total. The van der Waals surface area contributed by atoms with Gasteiger partial charge in [-0.25, -0.2) is 9.78 Å². The van der Waals surface area contributed by atoms with Gasteiger partial charge in [0.25, 0.3) is 0 Å². The topological polar surface area (TPSA) is 43.1 Å². The van der Waals surface area contributed by atoms with Crippen LogP contribution in [0.5, 0.6) is 0 Å². The van der Waals surface area contributed by atoms with E-state index in [2.05, 4.69) is 4.98 Å². The van der Waals surface area contributed by atoms with Gasteiger partial charge < -0.3 is 4.42 Å². The standard InChI is InChI=1S/C17H23NO2S/c1-12-18-16-15(17(19)20-12)13-10-8-6-4-2-3-5-7-9-11-14(13)21-16/h2-11H2,1H3. The molecule has 114 valence electrons. The summed E-state index contributed by atoms with van der Waals surface area (Å²) in [6, 6.07) is 0. The highest BCUT2D eigenvalue weighted by Crippen LogP contribution is 2.31. The first-order chi connectivity index (χ1) is 10.3. The quantitative estimate of drug-likeness (QED) is 0.703. The molecule has 0 unspecified atom stereocenters. The van der Waals surface area contributed by atoms with Gasteiger partial charge in [0, 0.05) is 11.8 Å². The molecule has 2 heterocycles. The molecule has 0 aliphatic heterocycles. The monoisotopic (exact) mass is 305 g/mol. The smallest absolute Gasteiger partial charge is 0.348 e. The minimum atomic E-state index is -0.193. The minimum absolute atomic E-state index is 0.193. The zero-order valence-electron chi connectivity index (χ0n) is 12.7. The lowest BCUT2D eigenvalue weighted by atomic mass is 9.99. The third kappa shape index (κ3) is 3.37. The number of aryl methyl sites for hydroxylation is 3. The van der Waals surface area contributed by atoms with Gasteiger partial charge in [0.2, 0.25) is 0 Å². The third-order valence-electron chi connectivity index (χ3n) is 4.36. The first-order valence-electron chi connectivity index (χ1n) is 8.17. The van der Waals surface area contributed by atoms with E-state index in [-0.39, 0.29) is 5.63 Å². The first-order valence-corrected chi connectivity index (χ1v) is 8.99. The maximum atomic E-state index is 12.2. The summed E-state index contributed by atoms with van der Waals surface area (Å²) in [5.41, 5.74) is 1.04. The molecule has 0 aromatic carbocycles. The Hall–Kier alpha value is -1.16. The number of hydrogen-bond acceptors (Lipinski definition) is 4. The fourth-order valence-electron chi connectivity index (χ4n) is 3.25. The van der Waals surface area contributed by atoms with Crippen molar-refractivity contribution < 1.29 is 4.42 Å². The maximum absolute atomic E-state index is 12.2. The highest BCUT2D eigenvalue weighted by molar-refractivity contribution is 7.18. The molecule has 1 aliphatic carbocycles. The van der Waals surface area contributed by atoms with Crippen LogP contribution in [0.4, 0.5) is 0 Å². The van der Waals surface area contributed by atoms with Crippen molar-refractivity contribution >= 4 is 21.6 Å². The summed E-state index contributed by atoms with van der Waals surface area (Å²) >= 11 is 1.71. The van der Waals surface area contributed by atoms with Gasteiger partial charge in [0.05, 0.1) is 0 Å². The molecule has 0 amide bonds. The second-order valence-electron chi connectivity index (χ2n) is 6.03. The molecule has 0 saturated heterocycles. The highest BCUT2D eigenvalue weighted by Gasteiger charge is 2.17. The average molecular weight is 305 g/mol. The molecule has 0 spiro atoms. The number of aromatic nitrogens is 1. The molecule has 4 heteroatoms. The molecule has 1 aliphatic rings. The van der Waals surface area contributed by atoms with Crippen LogP contribution < -0.4 is 5.63 Å². The van der Waals surface area contributed by atoms with Gasteiger partial charge >= 0.3 is 5.63 Å². The molecule has 2 aromatic heterocycles. The van der Waals surface area contributed by atoms with Gasteiger partial charge in [0.15, 0.2) is 5.89 Å². The second kappa shape index (κ2) is 6.73. The first kappa shape index (κ1) is 14.8. The predicted octanol–water partition coefficient (Wildman–Crippen LogP) is 4.78. The molecule has 0 bridgehead atoms. The Bertz CT molecular complexity index is 671. The fourth-order valence-corrected chi connectivity index (χ4v) is 4.54. The van der Waals surface area contributed by atoms with E-state index in [1.54, 1.807) is 18.3 Å². The zero-order chi connectivity index (χ0) is 14.7. The van der Waals surface area contributed by atoms with Crippen LogP contribution in [0.25, 0.3) is 10.2 Å². The van der Waals surface area contributed by atoms with E-state index >= 15 is 0 Å². The summed E-state index contributed by atoms with van der Waals surface area (Å²) in [5.74, 6) is 0.477. The molecule has 0 radical (unpaired) electrons. The van der Waals surface area contributed by atoms with Gasteiger partial charge in [-0.15, -0.1) is 11.3 Å². The number of nitrogens with zero attached hydrogens (tertiary/aromatic N) is 1. The van der Waals surface area contributed by atoms with E-state index in [1.165, 1.54) is 61.8 Å². The van der Waals surface area contributed by atoms with Crippen LogP contribution in [-0.2, 0) is 12.8 Å². The van der Waals surface area contributed by atoms with Crippen LogP contribution in [0.1, 0.15) is 67.7 Å². The van der Waals surface area contributed by atoms with Crippen LogP contribution in [0.2, 0.25) is 0 Å². The predicted molar refractivity (Wildman–Crippen MR) is 87.2 cm³/mol. The lowest BCUT2D eigenvalue weighted by Crippen LogP contribution is -2.04. The number of fused-ring (bicyclic) bond motifs is 3. The van der Waals surface area contributed by atoms with Gasteiger partial charge in [-0.1, -0.05) is 38.5 Å². The van der Waals surface area contributed by atoms with Crippen molar-refractivity contribution in [2.75, 3.05) is 0 Å². The second-order valence-corrected chi connectivity index (χ2v) is 7.12. The molecular weight excluding hydrogens is 282 g/mol. The van der Waals surface area contributed by atoms with Gasteiger partial charge in [-0.3, -0.25) is 0 Å². The number of thiophene rings is 1. The van der Waals surface area contributed by atoms with E-state index < -0.39 is 0 Å². The molecule has 21 heavy (non-hydrogen) atoms. The van der Waals surface area contributed by atoms with Gasteiger partial charge in [-0.05, 0) is 31.2 Å². The summed E-state index contributed by atoms with van der Waals surface area (Å²) in [7, 11) is 0. The van der Waals surface area contributed by atoms with Crippen LogP contribution in [-0.4, -0.2) is 4.98 Å². The van der Waals surface area contributed by atoms with Gasteiger partial charge in [0.1, 0.15) is 10.2 Å². The van der Waals surface area contributed by atoms with E-state index in [4.69, 9.17) is 4.42 Å². The molecule has 0 atom stereocenters. The highest BCUT2D eigenvalue weighted by atomic mass is 32.1. The molecule has 0 saturated carbocycles. The normalized spacial score (nSPS) is 18.0. The summed E-state index contributed by atoms with van der Waals surface area (Å²) in [4.78, 5) is 18.9. The van der Waals surface area contributed by atoms with Crippen molar-refractivity contribution in [2.24, 2.45) is 0 Å². The largest absolute Gasteiger partial charge is 0.408 e. The molecular formula is C17H23NO2S. The van der Waals surface area contributed by atoms with E-state index in [0.717, 1.165) is 23.1 Å². The minimum Gasteiger partial charge on any atom is -0.408 e. The van der Waals surface area contributed by atoms with Crippen LogP contribution >= 0.6 is 11.3 Å². The fraction of sp³-hybridized carbons (Fsp3) is 0.647. The van der Waals surface area contributed by atoms with Crippen molar-refractivity contribution in [2.45, 2.75) is 71.1 Å². The zero-order valence-corrected chi connectivity index (χ0v) is 13.6. The Labute approximate surface area is 129 Å². The number of hydrogen-bond donors (Lipinski definition) is 0. The third-order valence-corrected chi connectivity index (χ3v) is 5.54. The maximum Gasteiger partial charge on any atom is 0.348 e. The van der Waals surface area contributed by atoms with Crippen molar-refractivity contribution in [3.63, 3.8) is 0 Å². The Kier molecular flexibility index (Phi) is 4.73. The van der Waals surface area contributed by atoms with Crippen LogP contribution in [0, 0.1) is 6.92 Å². The van der Waals surface area contributed by atoms with E-state index in [0.29, 0.717) is 5.89 Å². The summed E-state index contributed by atoms with van der Waals surface area (Å²) in [6.45, 7) is 1.75. The molecule has 0 fully saturated rings. The Balaban J connectivity index is 1.99. The van der Waals surface area contributed by atoms with Crippen molar-refractivity contribution in [3.05, 3.63) is 26.8 Å². The van der Waals surface area contributed by atoms with Crippen molar-refractivity contribution in [1.82, 2.24) is 4.98 Å². The summed E-state index contributed by atoms with van der Waals surface area (Å²) in [5, 5.41) is 0.762. The van der Waals surface area contributed by atoms with Crippen molar-refractivity contribution in [3.8, 4) is 0 Å². The van der Waals surface area contributed by atoms with Crippen LogP contribution in [0.15, 0.2) is 9.21 Å². The van der Waals surface area contributed by atoms with Crippen LogP contribution in [0.3, 0.4) is 0 Å². The summed E-state index contributed by atoms with van der Waals surface area (Å²) in [6.07, 6.45) is 12.5. The van der Waals surface area contributed by atoms with E-state index in [9.17, 15) is 4.79 Å². The van der Waals surface area contributed by atoms with Crippen molar-refractivity contribution in [1.29, 1.82) is 0 Å². The Morgan fingerprint density at radius 2 is 1.57 bits per heavy atom. The van der Waals surface area contributed by atoms with Gasteiger partial charge in [-0.2, -0.15) is 0 Å². The number of rotatable bonds is 0. The Morgan fingerprint density at radius 1 is 0.952 bits per heavy atom. The lowest BCUT2D eigenvalue weighted by molar-refractivity contribution is 0.467. The Morgan fingerprint density at radius 3 is 2.29 bits per heavy atom. The average Bonchev–Trinajstić information content (AvgIpc) is 2.76. The van der Waals surface area contributed by atoms with E-state index in [1.807, 2.05) is 0 Å². The molecule has 2 aromatic rings. The molecule has 0 N–H and O–H groups in total. The molecule has 3 rings (SSSR count). The SMILES string of the molecule is Cc1nc2sc3c(c2c(=O)o1)CCCCCCCCCC3.